The molecule has 0 aromatic heterocycles. The summed E-state index contributed by atoms with van der Waals surface area (Å²) in [5, 5.41) is 0. The van der Waals surface area contributed by atoms with E-state index in [-0.39, 0.29) is 0 Å². The third-order valence-electron chi connectivity index (χ3n) is 4.69. The first-order chi connectivity index (χ1) is 15.0. The minimum atomic E-state index is 0.542. The normalized spacial score (nSPS) is 13.0. The molecule has 0 rings (SSSR count). The van der Waals surface area contributed by atoms with Crippen LogP contribution in [0.5, 0.6) is 0 Å². The Bertz CT molecular complexity index is 634. The maximum absolute atomic E-state index is 4.12. The van der Waals surface area contributed by atoms with Gasteiger partial charge in [0, 0.05) is 0 Å². The van der Waals surface area contributed by atoms with Crippen molar-refractivity contribution in [1.82, 2.24) is 0 Å². The number of allylic oxidation sites excluding steroid dienone is 12. The van der Waals surface area contributed by atoms with Gasteiger partial charge in [-0.05, 0) is 80.7 Å². The fourth-order valence-electron chi connectivity index (χ4n) is 2.36. The molecule has 0 fully saturated rings. The molecule has 0 saturated heterocycles. The van der Waals surface area contributed by atoms with Crippen LogP contribution in [0.25, 0.3) is 0 Å². The SMILES string of the molecule is C=CC/C=C(C(\C)=C/C)/C(C)=C/C(=C/C)C(=C\CC)/C(=C)C.CC.CC.CCC(C)(C)C. The van der Waals surface area contributed by atoms with Gasteiger partial charge < -0.3 is 0 Å². The second-order valence-corrected chi connectivity index (χ2v) is 8.41. The molecule has 32 heavy (non-hydrogen) atoms. The molecule has 0 amide bonds. The van der Waals surface area contributed by atoms with Crippen LogP contribution < -0.4 is 0 Å². The van der Waals surface area contributed by atoms with Crippen molar-refractivity contribution in [3.05, 3.63) is 83.1 Å². The molecule has 186 valence electrons. The monoisotopic (exact) mass is 442 g/mol. The summed E-state index contributed by atoms with van der Waals surface area (Å²) in [5.41, 5.74) is 7.99. The summed E-state index contributed by atoms with van der Waals surface area (Å²) >= 11 is 0. The molecule has 0 bridgehead atoms. The van der Waals surface area contributed by atoms with Crippen molar-refractivity contribution in [3.63, 3.8) is 0 Å². The van der Waals surface area contributed by atoms with E-state index < -0.39 is 0 Å². The van der Waals surface area contributed by atoms with Gasteiger partial charge in [-0.15, -0.1) is 6.58 Å². The number of rotatable bonds is 8. The molecular formula is C32H58. The van der Waals surface area contributed by atoms with Crippen LogP contribution in [0, 0.1) is 5.41 Å². The first kappa shape index (κ1) is 37.5. The van der Waals surface area contributed by atoms with Crippen molar-refractivity contribution in [1.29, 1.82) is 0 Å². The Morgan fingerprint density at radius 1 is 0.781 bits per heavy atom. The number of hydrogen-bond donors (Lipinski definition) is 0. The molecular weight excluding hydrogens is 384 g/mol. The lowest BCUT2D eigenvalue weighted by Crippen LogP contribution is -2.00. The average molecular weight is 443 g/mol. The van der Waals surface area contributed by atoms with Gasteiger partial charge in [0.05, 0.1) is 0 Å². The van der Waals surface area contributed by atoms with Crippen molar-refractivity contribution in [2.45, 2.75) is 116 Å². The van der Waals surface area contributed by atoms with Crippen molar-refractivity contribution in [3.8, 4) is 0 Å². The van der Waals surface area contributed by atoms with E-state index in [0.29, 0.717) is 5.41 Å². The van der Waals surface area contributed by atoms with E-state index in [1.165, 1.54) is 34.3 Å². The molecule has 0 N–H and O–H groups in total. The Hall–Kier alpha value is -1.82. The van der Waals surface area contributed by atoms with Crippen LogP contribution in [0.2, 0.25) is 0 Å². The second kappa shape index (κ2) is 23.8. The molecule has 0 aromatic rings. The minimum Gasteiger partial charge on any atom is -0.103 e. The lowest BCUT2D eigenvalue weighted by molar-refractivity contribution is 0.398. The molecule has 0 unspecified atom stereocenters. The van der Waals surface area contributed by atoms with Gasteiger partial charge in [0.1, 0.15) is 0 Å². The molecule has 0 spiro atoms. The molecule has 0 atom stereocenters. The topological polar surface area (TPSA) is 0 Å². The Kier molecular flexibility index (Phi) is 27.9. The lowest BCUT2D eigenvalue weighted by atomic mass is 9.92. The third kappa shape index (κ3) is 20.1. The lowest BCUT2D eigenvalue weighted by Gasteiger charge is -2.13. The number of hydrogen-bond acceptors (Lipinski definition) is 0. The zero-order valence-corrected chi connectivity index (χ0v) is 24.5. The second-order valence-electron chi connectivity index (χ2n) is 8.41. The van der Waals surface area contributed by atoms with Crippen LogP contribution in [-0.2, 0) is 0 Å². The van der Waals surface area contributed by atoms with Crippen molar-refractivity contribution in [2.75, 3.05) is 0 Å². The van der Waals surface area contributed by atoms with Crippen LogP contribution in [0.3, 0.4) is 0 Å². The molecule has 0 radical (unpaired) electrons. The molecule has 0 aliphatic rings. The summed E-state index contributed by atoms with van der Waals surface area (Å²) in [6.45, 7) is 37.6. The van der Waals surface area contributed by atoms with Crippen LogP contribution in [-0.4, -0.2) is 0 Å². The van der Waals surface area contributed by atoms with E-state index in [1.807, 2.05) is 33.8 Å². The van der Waals surface area contributed by atoms with Gasteiger partial charge in [-0.3, -0.25) is 0 Å². The zero-order chi connectivity index (χ0) is 26.3. The fraction of sp³-hybridized carbons (Fsp3) is 0.562. The zero-order valence-electron chi connectivity index (χ0n) is 24.5. The maximum atomic E-state index is 4.12. The molecule has 0 nitrogen and oxygen atoms in total. The van der Waals surface area contributed by atoms with E-state index in [0.717, 1.165) is 18.4 Å². The van der Waals surface area contributed by atoms with Gasteiger partial charge >= 0.3 is 0 Å². The molecule has 0 aliphatic carbocycles. The van der Waals surface area contributed by atoms with E-state index in [9.17, 15) is 0 Å². The highest BCUT2D eigenvalue weighted by atomic mass is 14.1. The maximum Gasteiger partial charge on any atom is -0.0163 e. The van der Waals surface area contributed by atoms with E-state index in [1.54, 1.807) is 0 Å². The molecule has 0 aliphatic heterocycles. The summed E-state index contributed by atoms with van der Waals surface area (Å²) in [6.07, 6.45) is 16.2. The Morgan fingerprint density at radius 2 is 1.25 bits per heavy atom. The summed E-state index contributed by atoms with van der Waals surface area (Å²) in [6, 6.07) is 0. The third-order valence-corrected chi connectivity index (χ3v) is 4.69. The van der Waals surface area contributed by atoms with Crippen LogP contribution in [0.1, 0.15) is 116 Å². The van der Waals surface area contributed by atoms with Gasteiger partial charge in [-0.1, -0.05) is 117 Å². The summed E-state index contributed by atoms with van der Waals surface area (Å²) < 4.78 is 0. The first-order valence-electron chi connectivity index (χ1n) is 12.6. The Balaban J connectivity index is -0.000000330. The molecule has 0 saturated carbocycles. The van der Waals surface area contributed by atoms with E-state index >= 15 is 0 Å². The first-order valence-corrected chi connectivity index (χ1v) is 12.6. The predicted octanol–water partition coefficient (Wildman–Crippen LogP) is 11.8. The summed E-state index contributed by atoms with van der Waals surface area (Å²) in [7, 11) is 0. The van der Waals surface area contributed by atoms with Crippen molar-refractivity contribution in [2.24, 2.45) is 5.41 Å². The van der Waals surface area contributed by atoms with Crippen molar-refractivity contribution < 1.29 is 0 Å². The summed E-state index contributed by atoms with van der Waals surface area (Å²) in [4.78, 5) is 0. The summed E-state index contributed by atoms with van der Waals surface area (Å²) in [5.74, 6) is 0. The predicted molar refractivity (Wildman–Crippen MR) is 155 cm³/mol. The standard InChI is InChI=1S/C22H32.C6H14.2C2H6/c1-9-13-15-22(18(7)11-3)19(8)16-20(12-4)21(14-10-2)17(5)6;1-5-6(2,3)4;2*1-2/h9,11-12,14-16H,1,5,10,13H2,2-4,6-8H3;5H2,1-4H3;2*1-2H3/b18-11-,19-16+,20-12-,21-14-,22-15+;;;. The van der Waals surface area contributed by atoms with Gasteiger partial charge in [0.25, 0.3) is 0 Å². The highest BCUT2D eigenvalue weighted by Crippen LogP contribution is 2.26. The Morgan fingerprint density at radius 3 is 1.53 bits per heavy atom. The van der Waals surface area contributed by atoms with Gasteiger partial charge in [-0.25, -0.2) is 0 Å². The van der Waals surface area contributed by atoms with Gasteiger partial charge in [-0.2, -0.15) is 0 Å². The van der Waals surface area contributed by atoms with Crippen LogP contribution >= 0.6 is 0 Å². The van der Waals surface area contributed by atoms with Gasteiger partial charge in [0.15, 0.2) is 0 Å². The Labute approximate surface area is 204 Å². The molecule has 0 aromatic carbocycles. The minimum absolute atomic E-state index is 0.542. The van der Waals surface area contributed by atoms with E-state index in [4.69, 9.17) is 0 Å². The quantitative estimate of drug-likeness (QED) is 0.259. The molecule has 0 heterocycles. The average Bonchev–Trinajstić information content (AvgIpc) is 2.78. The van der Waals surface area contributed by atoms with Crippen LogP contribution in [0.15, 0.2) is 83.1 Å². The highest BCUT2D eigenvalue weighted by Gasteiger charge is 2.07. The largest absolute Gasteiger partial charge is 0.103 e. The fourth-order valence-corrected chi connectivity index (χ4v) is 2.36. The van der Waals surface area contributed by atoms with Crippen LogP contribution in [0.4, 0.5) is 0 Å². The van der Waals surface area contributed by atoms with Gasteiger partial charge in [0.2, 0.25) is 0 Å². The van der Waals surface area contributed by atoms with E-state index in [2.05, 4.69) is 113 Å². The van der Waals surface area contributed by atoms with Crippen molar-refractivity contribution >= 4 is 0 Å². The highest BCUT2D eigenvalue weighted by molar-refractivity contribution is 5.55. The smallest absolute Gasteiger partial charge is 0.0163 e. The molecule has 0 heteroatoms.